The Morgan fingerprint density at radius 1 is 1.25 bits per heavy atom. The Balaban J connectivity index is 2.01. The van der Waals surface area contributed by atoms with Crippen molar-refractivity contribution in [2.45, 2.75) is 19.4 Å². The van der Waals surface area contributed by atoms with Crippen LogP contribution in [0.4, 0.5) is 5.69 Å². The number of carbonyl (C=O) groups excluding carboxylic acids is 1. The Bertz CT molecular complexity index is 715. The van der Waals surface area contributed by atoms with Gasteiger partial charge in [-0.1, -0.05) is 24.3 Å². The largest absolute Gasteiger partial charge is 0.305 e. The number of nitriles is 1. The highest BCUT2D eigenvalue weighted by atomic mass is 16.2. The van der Waals surface area contributed by atoms with Crippen molar-refractivity contribution in [3.8, 4) is 6.07 Å². The van der Waals surface area contributed by atoms with Crippen molar-refractivity contribution in [2.75, 3.05) is 4.90 Å². The van der Waals surface area contributed by atoms with E-state index in [1.165, 1.54) is 5.56 Å². The molecule has 0 aromatic heterocycles. The highest BCUT2D eigenvalue weighted by Crippen LogP contribution is 2.33. The molecule has 1 aliphatic rings. The molecule has 0 N–H and O–H groups in total. The summed E-state index contributed by atoms with van der Waals surface area (Å²) >= 11 is 0. The van der Waals surface area contributed by atoms with E-state index in [4.69, 9.17) is 5.26 Å². The second-order valence-electron chi connectivity index (χ2n) is 5.05. The number of fused-ring (bicyclic) bond motifs is 1. The molecule has 1 atom stereocenters. The van der Waals surface area contributed by atoms with Crippen LogP contribution in [0.3, 0.4) is 0 Å². The second kappa shape index (κ2) is 4.82. The summed E-state index contributed by atoms with van der Waals surface area (Å²) in [5.41, 5.74) is 3.25. The Kier molecular flexibility index (Phi) is 3.00. The lowest BCUT2D eigenvalue weighted by molar-refractivity contribution is 0.0981. The second-order valence-corrected chi connectivity index (χ2v) is 5.05. The number of benzene rings is 2. The lowest BCUT2D eigenvalue weighted by atomic mass is 10.1. The van der Waals surface area contributed by atoms with Crippen molar-refractivity contribution in [3.05, 3.63) is 65.2 Å². The maximum atomic E-state index is 12.7. The predicted octanol–water partition coefficient (Wildman–Crippen LogP) is 3.15. The van der Waals surface area contributed by atoms with Gasteiger partial charge in [0.05, 0.1) is 11.6 Å². The number of para-hydroxylation sites is 1. The molecule has 98 valence electrons. The summed E-state index contributed by atoms with van der Waals surface area (Å²) in [5, 5.41) is 8.94. The molecule has 1 heterocycles. The molecule has 0 saturated heterocycles. The first-order valence-corrected chi connectivity index (χ1v) is 6.62. The number of nitrogens with zero attached hydrogens (tertiary/aromatic N) is 2. The van der Waals surface area contributed by atoms with E-state index in [0.29, 0.717) is 11.1 Å². The van der Waals surface area contributed by atoms with Crippen LogP contribution in [-0.4, -0.2) is 11.9 Å². The number of carbonyl (C=O) groups is 1. The molecule has 3 rings (SSSR count). The number of amides is 1. The van der Waals surface area contributed by atoms with Crippen molar-refractivity contribution in [3.63, 3.8) is 0 Å². The number of rotatable bonds is 1. The lowest BCUT2D eigenvalue weighted by Gasteiger charge is -2.22. The van der Waals surface area contributed by atoms with Gasteiger partial charge in [-0.15, -0.1) is 0 Å². The normalized spacial score (nSPS) is 16.6. The minimum Gasteiger partial charge on any atom is -0.305 e. The van der Waals surface area contributed by atoms with Gasteiger partial charge in [-0.25, -0.2) is 0 Å². The van der Waals surface area contributed by atoms with Crippen molar-refractivity contribution in [1.29, 1.82) is 5.26 Å². The van der Waals surface area contributed by atoms with E-state index >= 15 is 0 Å². The maximum Gasteiger partial charge on any atom is 0.258 e. The molecule has 3 heteroatoms. The van der Waals surface area contributed by atoms with Crippen molar-refractivity contribution >= 4 is 11.6 Å². The maximum absolute atomic E-state index is 12.7. The Morgan fingerprint density at radius 2 is 2.05 bits per heavy atom. The molecule has 0 bridgehead atoms. The van der Waals surface area contributed by atoms with Crippen LogP contribution in [0.15, 0.2) is 48.5 Å². The Morgan fingerprint density at radius 3 is 2.85 bits per heavy atom. The molecule has 0 saturated carbocycles. The van der Waals surface area contributed by atoms with Gasteiger partial charge in [-0.3, -0.25) is 4.79 Å². The summed E-state index contributed by atoms with van der Waals surface area (Å²) < 4.78 is 0. The van der Waals surface area contributed by atoms with Gasteiger partial charge >= 0.3 is 0 Å². The van der Waals surface area contributed by atoms with Gasteiger partial charge in [0.2, 0.25) is 0 Å². The van der Waals surface area contributed by atoms with Crippen molar-refractivity contribution < 1.29 is 4.79 Å². The zero-order valence-electron chi connectivity index (χ0n) is 11.2. The molecule has 1 unspecified atom stereocenters. The third kappa shape index (κ3) is 1.96. The summed E-state index contributed by atoms with van der Waals surface area (Å²) in [4.78, 5) is 14.5. The fourth-order valence-electron chi connectivity index (χ4n) is 2.74. The zero-order valence-corrected chi connectivity index (χ0v) is 11.2. The first-order valence-electron chi connectivity index (χ1n) is 6.62. The van der Waals surface area contributed by atoms with E-state index in [1.54, 1.807) is 24.3 Å². The van der Waals surface area contributed by atoms with Gasteiger partial charge in [-0.2, -0.15) is 5.26 Å². The van der Waals surface area contributed by atoms with Crippen LogP contribution in [-0.2, 0) is 6.42 Å². The zero-order chi connectivity index (χ0) is 14.1. The third-order valence-corrected chi connectivity index (χ3v) is 3.66. The predicted molar refractivity (Wildman–Crippen MR) is 77.6 cm³/mol. The van der Waals surface area contributed by atoms with E-state index in [0.717, 1.165) is 12.1 Å². The topological polar surface area (TPSA) is 44.1 Å². The van der Waals surface area contributed by atoms with E-state index in [-0.39, 0.29) is 11.9 Å². The molecule has 2 aromatic carbocycles. The molecule has 20 heavy (non-hydrogen) atoms. The molecule has 0 fully saturated rings. The van der Waals surface area contributed by atoms with E-state index in [9.17, 15) is 4.79 Å². The minimum atomic E-state index is -0.0421. The summed E-state index contributed by atoms with van der Waals surface area (Å²) in [5.74, 6) is -0.0421. The van der Waals surface area contributed by atoms with E-state index in [1.807, 2.05) is 30.0 Å². The molecule has 3 nitrogen and oxygen atoms in total. The quantitative estimate of drug-likeness (QED) is 0.792. The molecular weight excluding hydrogens is 248 g/mol. The van der Waals surface area contributed by atoms with Crippen molar-refractivity contribution in [1.82, 2.24) is 0 Å². The van der Waals surface area contributed by atoms with Crippen LogP contribution < -0.4 is 4.90 Å². The van der Waals surface area contributed by atoms with Crippen LogP contribution in [0.25, 0.3) is 0 Å². The van der Waals surface area contributed by atoms with Gasteiger partial charge in [0.1, 0.15) is 0 Å². The van der Waals surface area contributed by atoms with Crippen LogP contribution in [0.2, 0.25) is 0 Å². The number of hydrogen-bond donors (Lipinski definition) is 0. The molecule has 1 aliphatic heterocycles. The molecule has 0 radical (unpaired) electrons. The monoisotopic (exact) mass is 262 g/mol. The first-order chi connectivity index (χ1) is 9.70. The number of anilines is 1. The van der Waals surface area contributed by atoms with Crippen LogP contribution >= 0.6 is 0 Å². The van der Waals surface area contributed by atoms with Gasteiger partial charge in [0.15, 0.2) is 0 Å². The average molecular weight is 262 g/mol. The van der Waals surface area contributed by atoms with Crippen LogP contribution in [0.1, 0.15) is 28.4 Å². The van der Waals surface area contributed by atoms with Crippen LogP contribution in [0.5, 0.6) is 0 Å². The third-order valence-electron chi connectivity index (χ3n) is 3.66. The standard InChI is InChI=1S/C17H14N2O/c1-12-9-14-6-2-3-8-16(14)19(12)17(20)15-7-4-5-13(10-15)11-18/h2-8,10,12H,9H2,1H3. The van der Waals surface area contributed by atoms with Gasteiger partial charge in [0.25, 0.3) is 5.91 Å². The fraction of sp³-hybridized carbons (Fsp3) is 0.176. The SMILES string of the molecule is CC1Cc2ccccc2N1C(=O)c1cccc(C#N)c1. The molecular formula is C17H14N2O. The molecule has 0 aliphatic carbocycles. The summed E-state index contributed by atoms with van der Waals surface area (Å²) in [7, 11) is 0. The van der Waals surface area contributed by atoms with Gasteiger partial charge in [-0.05, 0) is 43.2 Å². The summed E-state index contributed by atoms with van der Waals surface area (Å²) in [6.45, 7) is 2.05. The first kappa shape index (κ1) is 12.4. The highest BCUT2D eigenvalue weighted by Gasteiger charge is 2.31. The Hall–Kier alpha value is -2.60. The lowest BCUT2D eigenvalue weighted by Crippen LogP contribution is -2.35. The molecule has 0 spiro atoms. The Labute approximate surface area is 118 Å². The van der Waals surface area contributed by atoms with Crippen molar-refractivity contribution in [2.24, 2.45) is 0 Å². The van der Waals surface area contributed by atoms with E-state index < -0.39 is 0 Å². The fourth-order valence-corrected chi connectivity index (χ4v) is 2.74. The van der Waals surface area contributed by atoms with E-state index in [2.05, 4.69) is 12.1 Å². The summed E-state index contributed by atoms with van der Waals surface area (Å²) in [6, 6.07) is 17.1. The van der Waals surface area contributed by atoms with Crippen LogP contribution in [0, 0.1) is 11.3 Å². The van der Waals surface area contributed by atoms with Gasteiger partial charge < -0.3 is 4.90 Å². The smallest absolute Gasteiger partial charge is 0.258 e. The number of hydrogen-bond acceptors (Lipinski definition) is 2. The van der Waals surface area contributed by atoms with Gasteiger partial charge in [0, 0.05) is 17.3 Å². The molecule has 1 amide bonds. The highest BCUT2D eigenvalue weighted by molar-refractivity contribution is 6.07. The minimum absolute atomic E-state index is 0.0421. The average Bonchev–Trinajstić information content (AvgIpc) is 2.82. The molecule has 2 aromatic rings. The summed E-state index contributed by atoms with van der Waals surface area (Å²) in [6.07, 6.45) is 0.875.